The fourth-order valence-corrected chi connectivity index (χ4v) is 2.12. The molecule has 0 heterocycles. The van der Waals surface area contributed by atoms with E-state index in [1.54, 1.807) is 0 Å². The van der Waals surface area contributed by atoms with Crippen LogP contribution in [0.15, 0.2) is 18.2 Å². The van der Waals surface area contributed by atoms with Crippen molar-refractivity contribution in [3.05, 3.63) is 23.8 Å². The van der Waals surface area contributed by atoms with Crippen molar-refractivity contribution in [1.82, 2.24) is 4.90 Å². The van der Waals surface area contributed by atoms with E-state index in [9.17, 15) is 0 Å². The quantitative estimate of drug-likeness (QED) is 0.768. The van der Waals surface area contributed by atoms with E-state index in [4.69, 9.17) is 5.73 Å². The van der Waals surface area contributed by atoms with Gasteiger partial charge in [0.2, 0.25) is 0 Å². The zero-order valence-electron chi connectivity index (χ0n) is 11.5. The molecule has 0 spiro atoms. The molecule has 0 aliphatic carbocycles. The van der Waals surface area contributed by atoms with Crippen LogP contribution in [-0.4, -0.2) is 38.6 Å². The van der Waals surface area contributed by atoms with Gasteiger partial charge in [0.25, 0.3) is 0 Å². The summed E-state index contributed by atoms with van der Waals surface area (Å²) in [4.78, 5) is 4.59. The Morgan fingerprint density at radius 2 is 1.88 bits per heavy atom. The molecule has 3 heteroatoms. The standard InChI is InChI=1S/C14H25N3/c1-5-17(11-7-10-16(3)4)14-12(2)8-6-9-13(14)15/h6,8-9H,5,7,10-11,15H2,1-4H3. The van der Waals surface area contributed by atoms with E-state index in [2.05, 4.69) is 43.8 Å². The summed E-state index contributed by atoms with van der Waals surface area (Å²) in [6.45, 7) is 7.48. The molecule has 96 valence electrons. The Bertz CT molecular complexity index is 327. The second-order valence-electron chi connectivity index (χ2n) is 4.75. The summed E-state index contributed by atoms with van der Waals surface area (Å²) >= 11 is 0. The van der Waals surface area contributed by atoms with Crippen molar-refractivity contribution in [2.45, 2.75) is 20.3 Å². The van der Waals surface area contributed by atoms with E-state index >= 15 is 0 Å². The number of nitrogens with two attached hydrogens (primary N) is 1. The van der Waals surface area contributed by atoms with E-state index in [0.717, 1.165) is 31.7 Å². The first-order valence-electron chi connectivity index (χ1n) is 6.31. The number of hydrogen-bond donors (Lipinski definition) is 1. The Labute approximate surface area is 105 Å². The van der Waals surface area contributed by atoms with Crippen molar-refractivity contribution in [2.24, 2.45) is 0 Å². The molecule has 3 nitrogen and oxygen atoms in total. The van der Waals surface area contributed by atoms with Gasteiger partial charge in [-0.1, -0.05) is 12.1 Å². The first-order chi connectivity index (χ1) is 8.06. The highest BCUT2D eigenvalue weighted by Crippen LogP contribution is 2.27. The summed E-state index contributed by atoms with van der Waals surface area (Å²) in [6, 6.07) is 6.12. The van der Waals surface area contributed by atoms with Gasteiger partial charge in [-0.25, -0.2) is 0 Å². The van der Waals surface area contributed by atoms with Crippen LogP contribution in [0, 0.1) is 6.92 Å². The lowest BCUT2D eigenvalue weighted by Gasteiger charge is -2.27. The monoisotopic (exact) mass is 235 g/mol. The molecule has 2 N–H and O–H groups in total. The summed E-state index contributed by atoms with van der Waals surface area (Å²) < 4.78 is 0. The maximum atomic E-state index is 6.08. The van der Waals surface area contributed by atoms with Crippen molar-refractivity contribution in [1.29, 1.82) is 0 Å². The van der Waals surface area contributed by atoms with Crippen LogP contribution in [0.4, 0.5) is 11.4 Å². The van der Waals surface area contributed by atoms with E-state index in [0.29, 0.717) is 0 Å². The van der Waals surface area contributed by atoms with E-state index in [-0.39, 0.29) is 0 Å². The number of rotatable bonds is 6. The second-order valence-corrected chi connectivity index (χ2v) is 4.75. The molecule has 0 aliphatic heterocycles. The lowest BCUT2D eigenvalue weighted by molar-refractivity contribution is 0.400. The Morgan fingerprint density at radius 3 is 2.41 bits per heavy atom. The van der Waals surface area contributed by atoms with Gasteiger partial charge in [-0.3, -0.25) is 0 Å². The Balaban J connectivity index is 2.72. The molecule has 0 radical (unpaired) electrons. The van der Waals surface area contributed by atoms with Gasteiger partial charge in [0, 0.05) is 13.1 Å². The molecule has 0 saturated heterocycles. The molecule has 1 aromatic rings. The minimum Gasteiger partial charge on any atom is -0.397 e. The summed E-state index contributed by atoms with van der Waals surface area (Å²) in [5.41, 5.74) is 9.43. The summed E-state index contributed by atoms with van der Waals surface area (Å²) in [7, 11) is 4.22. The van der Waals surface area contributed by atoms with Gasteiger partial charge in [0.15, 0.2) is 0 Å². The van der Waals surface area contributed by atoms with Crippen LogP contribution in [0.5, 0.6) is 0 Å². The molecule has 17 heavy (non-hydrogen) atoms. The number of aryl methyl sites for hydroxylation is 1. The average Bonchev–Trinajstić information content (AvgIpc) is 2.26. The van der Waals surface area contributed by atoms with Crippen LogP contribution in [0.2, 0.25) is 0 Å². The van der Waals surface area contributed by atoms with Crippen LogP contribution in [0.25, 0.3) is 0 Å². The van der Waals surface area contributed by atoms with Crippen molar-refractivity contribution in [3.8, 4) is 0 Å². The zero-order chi connectivity index (χ0) is 12.8. The van der Waals surface area contributed by atoms with Gasteiger partial charge in [-0.05, 0) is 52.5 Å². The van der Waals surface area contributed by atoms with Crippen LogP contribution < -0.4 is 10.6 Å². The predicted molar refractivity (Wildman–Crippen MR) is 76.6 cm³/mol. The summed E-state index contributed by atoms with van der Waals surface area (Å²) in [5, 5.41) is 0. The smallest absolute Gasteiger partial charge is 0.0629 e. The average molecular weight is 235 g/mol. The summed E-state index contributed by atoms with van der Waals surface area (Å²) in [6.07, 6.45) is 1.16. The minimum atomic E-state index is 0.886. The van der Waals surface area contributed by atoms with Crippen LogP contribution in [-0.2, 0) is 0 Å². The van der Waals surface area contributed by atoms with Crippen molar-refractivity contribution >= 4 is 11.4 Å². The minimum absolute atomic E-state index is 0.886. The van der Waals surface area contributed by atoms with Gasteiger partial charge in [-0.15, -0.1) is 0 Å². The Hall–Kier alpha value is -1.22. The van der Waals surface area contributed by atoms with E-state index < -0.39 is 0 Å². The number of nitrogen functional groups attached to an aromatic ring is 1. The molecule has 1 aromatic carbocycles. The second kappa shape index (κ2) is 6.50. The predicted octanol–water partition coefficient (Wildman–Crippen LogP) is 2.36. The number of nitrogens with zero attached hydrogens (tertiary/aromatic N) is 2. The van der Waals surface area contributed by atoms with Gasteiger partial charge in [0.1, 0.15) is 0 Å². The fraction of sp³-hybridized carbons (Fsp3) is 0.571. The molecule has 0 bridgehead atoms. The van der Waals surface area contributed by atoms with E-state index in [1.807, 2.05) is 12.1 Å². The van der Waals surface area contributed by atoms with Gasteiger partial charge in [-0.2, -0.15) is 0 Å². The molecule has 0 atom stereocenters. The highest BCUT2D eigenvalue weighted by atomic mass is 15.1. The Kier molecular flexibility index (Phi) is 5.29. The van der Waals surface area contributed by atoms with Crippen LogP contribution in [0.3, 0.4) is 0 Å². The first kappa shape index (κ1) is 13.8. The third kappa shape index (κ3) is 3.93. The molecule has 1 rings (SSSR count). The van der Waals surface area contributed by atoms with Gasteiger partial charge < -0.3 is 15.5 Å². The Morgan fingerprint density at radius 1 is 1.18 bits per heavy atom. The third-order valence-electron chi connectivity index (χ3n) is 3.00. The maximum Gasteiger partial charge on any atom is 0.0629 e. The van der Waals surface area contributed by atoms with Crippen LogP contribution >= 0.6 is 0 Å². The molecule has 0 amide bonds. The lowest BCUT2D eigenvalue weighted by Crippen LogP contribution is -2.28. The number of para-hydroxylation sites is 1. The number of hydrogen-bond acceptors (Lipinski definition) is 3. The van der Waals surface area contributed by atoms with Gasteiger partial charge >= 0.3 is 0 Å². The van der Waals surface area contributed by atoms with Crippen molar-refractivity contribution < 1.29 is 0 Å². The molecular formula is C14H25N3. The number of anilines is 2. The zero-order valence-corrected chi connectivity index (χ0v) is 11.5. The highest BCUT2D eigenvalue weighted by molar-refractivity contribution is 5.71. The first-order valence-corrected chi connectivity index (χ1v) is 6.31. The summed E-state index contributed by atoms with van der Waals surface area (Å²) in [5.74, 6) is 0. The molecule has 0 saturated carbocycles. The number of benzene rings is 1. The molecule has 0 unspecified atom stereocenters. The molecule has 0 fully saturated rings. The fourth-order valence-electron chi connectivity index (χ4n) is 2.12. The molecular weight excluding hydrogens is 210 g/mol. The topological polar surface area (TPSA) is 32.5 Å². The highest BCUT2D eigenvalue weighted by Gasteiger charge is 2.10. The lowest BCUT2D eigenvalue weighted by atomic mass is 10.1. The largest absolute Gasteiger partial charge is 0.397 e. The van der Waals surface area contributed by atoms with Crippen LogP contribution in [0.1, 0.15) is 18.9 Å². The van der Waals surface area contributed by atoms with Crippen molar-refractivity contribution in [3.63, 3.8) is 0 Å². The van der Waals surface area contributed by atoms with Gasteiger partial charge in [0.05, 0.1) is 11.4 Å². The molecule has 0 aliphatic rings. The van der Waals surface area contributed by atoms with Crippen molar-refractivity contribution in [2.75, 3.05) is 44.4 Å². The normalized spacial score (nSPS) is 10.9. The molecule has 0 aromatic heterocycles. The third-order valence-corrected chi connectivity index (χ3v) is 3.00. The SMILES string of the molecule is CCN(CCCN(C)C)c1c(C)cccc1N. The maximum absolute atomic E-state index is 6.08. The van der Waals surface area contributed by atoms with E-state index in [1.165, 1.54) is 11.3 Å².